The molecular weight excluding hydrogens is 225 g/mol. The Balaban J connectivity index is 2.56. The highest BCUT2D eigenvalue weighted by molar-refractivity contribution is 5.97. The van der Waals surface area contributed by atoms with Gasteiger partial charge in [-0.2, -0.15) is 18.3 Å². The van der Waals surface area contributed by atoms with E-state index in [1.54, 1.807) is 0 Å². The van der Waals surface area contributed by atoms with E-state index >= 15 is 0 Å². The van der Waals surface area contributed by atoms with Crippen molar-refractivity contribution in [3.05, 3.63) is 11.9 Å². The van der Waals surface area contributed by atoms with Crippen molar-refractivity contribution < 1.29 is 18.0 Å². The van der Waals surface area contributed by atoms with Crippen molar-refractivity contribution >= 4 is 11.6 Å². The fourth-order valence-electron chi connectivity index (χ4n) is 1.17. The van der Waals surface area contributed by atoms with Gasteiger partial charge in [0.15, 0.2) is 0 Å². The lowest BCUT2D eigenvalue weighted by molar-refractivity contribution is -0.138. The molecule has 5 nitrogen and oxygen atoms in total. The Bertz CT molecular complexity index is 374. The molecule has 1 heterocycles. The summed E-state index contributed by atoms with van der Waals surface area (Å²) in [5.74, 6) is -0.702. The van der Waals surface area contributed by atoms with Crippen molar-refractivity contribution in [2.24, 2.45) is 0 Å². The average molecular weight is 236 g/mol. The highest BCUT2D eigenvalue weighted by Gasteiger charge is 2.30. The second-order valence-corrected chi connectivity index (χ2v) is 3.39. The molecule has 1 rings (SSSR count). The van der Waals surface area contributed by atoms with Crippen LogP contribution in [0.25, 0.3) is 0 Å². The van der Waals surface area contributed by atoms with Gasteiger partial charge < -0.3 is 11.1 Å². The zero-order chi connectivity index (χ0) is 12.3. The van der Waals surface area contributed by atoms with Gasteiger partial charge in [-0.3, -0.25) is 9.89 Å². The fourth-order valence-corrected chi connectivity index (χ4v) is 1.17. The van der Waals surface area contributed by atoms with Crippen LogP contribution in [0.15, 0.2) is 6.20 Å². The van der Waals surface area contributed by atoms with E-state index < -0.39 is 24.5 Å². The minimum atomic E-state index is -4.31. The number of aromatic nitrogens is 2. The molecule has 1 atom stereocenters. The average Bonchev–Trinajstić information content (AvgIpc) is 2.47. The predicted molar refractivity (Wildman–Crippen MR) is 50.6 cm³/mol. The van der Waals surface area contributed by atoms with E-state index in [9.17, 15) is 18.0 Å². The Morgan fingerprint density at radius 1 is 1.69 bits per heavy atom. The van der Waals surface area contributed by atoms with Gasteiger partial charge in [-0.25, -0.2) is 0 Å². The van der Waals surface area contributed by atoms with Crippen molar-refractivity contribution in [3.63, 3.8) is 0 Å². The maximum absolute atomic E-state index is 12.0. The summed E-state index contributed by atoms with van der Waals surface area (Å²) in [6.07, 6.45) is -4.19. The number of amides is 1. The molecular formula is C8H11F3N4O. The van der Waals surface area contributed by atoms with E-state index in [1.165, 1.54) is 13.1 Å². The lowest BCUT2D eigenvalue weighted by Gasteiger charge is -2.15. The molecule has 16 heavy (non-hydrogen) atoms. The van der Waals surface area contributed by atoms with Gasteiger partial charge in [-0.05, 0) is 6.92 Å². The molecule has 0 spiro atoms. The maximum atomic E-state index is 12.0. The first-order valence-electron chi connectivity index (χ1n) is 4.46. The number of carbonyl (C=O) groups is 1. The zero-order valence-electron chi connectivity index (χ0n) is 8.43. The number of nitrogens with zero attached hydrogens (tertiary/aromatic N) is 1. The number of aromatic amines is 1. The molecule has 4 N–H and O–H groups in total. The van der Waals surface area contributed by atoms with Crippen LogP contribution in [0, 0.1) is 0 Å². The molecule has 0 fully saturated rings. The number of nitrogens with two attached hydrogens (primary N) is 1. The maximum Gasteiger partial charge on any atom is 0.391 e. The molecule has 0 aliphatic carbocycles. The van der Waals surface area contributed by atoms with Crippen LogP contribution in [0.5, 0.6) is 0 Å². The van der Waals surface area contributed by atoms with Gasteiger partial charge in [0.25, 0.3) is 5.91 Å². The van der Waals surface area contributed by atoms with Crippen LogP contribution in [-0.4, -0.2) is 28.3 Å². The monoisotopic (exact) mass is 236 g/mol. The minimum Gasteiger partial charge on any atom is -0.396 e. The minimum absolute atomic E-state index is 0.0333. The van der Waals surface area contributed by atoms with Gasteiger partial charge in [-0.1, -0.05) is 0 Å². The molecule has 1 unspecified atom stereocenters. The van der Waals surface area contributed by atoms with Gasteiger partial charge in [-0.15, -0.1) is 0 Å². The summed E-state index contributed by atoms with van der Waals surface area (Å²) in [6, 6.07) is -1.02. The molecule has 1 aromatic rings. The van der Waals surface area contributed by atoms with E-state index in [1.807, 2.05) is 0 Å². The van der Waals surface area contributed by atoms with Crippen LogP contribution < -0.4 is 11.1 Å². The van der Waals surface area contributed by atoms with E-state index in [0.29, 0.717) is 0 Å². The topological polar surface area (TPSA) is 83.8 Å². The van der Waals surface area contributed by atoms with Crippen LogP contribution in [0.3, 0.4) is 0 Å². The number of carbonyl (C=O) groups excluding carboxylic acids is 1. The van der Waals surface area contributed by atoms with Gasteiger partial charge in [0.05, 0.1) is 18.3 Å². The Kier molecular flexibility index (Phi) is 3.41. The second-order valence-electron chi connectivity index (χ2n) is 3.39. The van der Waals surface area contributed by atoms with Crippen LogP contribution in [0.1, 0.15) is 23.8 Å². The molecule has 8 heteroatoms. The summed E-state index contributed by atoms with van der Waals surface area (Å²) < 4.78 is 35.9. The first kappa shape index (κ1) is 12.3. The first-order valence-corrected chi connectivity index (χ1v) is 4.46. The largest absolute Gasteiger partial charge is 0.396 e. The van der Waals surface area contributed by atoms with Crippen molar-refractivity contribution in [2.45, 2.75) is 25.6 Å². The van der Waals surface area contributed by atoms with Gasteiger partial charge in [0, 0.05) is 6.04 Å². The SMILES string of the molecule is CC(CC(F)(F)F)NC(=O)c1[nH]ncc1N. The molecule has 1 aromatic heterocycles. The van der Waals surface area contributed by atoms with E-state index in [0.717, 1.165) is 0 Å². The highest BCUT2D eigenvalue weighted by atomic mass is 19.4. The zero-order valence-corrected chi connectivity index (χ0v) is 8.43. The molecule has 0 saturated carbocycles. The number of alkyl halides is 3. The molecule has 90 valence electrons. The molecule has 0 aromatic carbocycles. The fraction of sp³-hybridized carbons (Fsp3) is 0.500. The third kappa shape index (κ3) is 3.44. The molecule has 0 bridgehead atoms. The number of anilines is 1. The summed E-state index contributed by atoms with van der Waals surface area (Å²) in [7, 11) is 0. The standard InChI is InChI=1S/C8H11F3N4O/c1-4(2-8(9,10)11)14-7(16)6-5(12)3-13-15-6/h3-4H,2,12H2,1H3,(H,13,15)(H,14,16). The number of rotatable bonds is 3. The van der Waals surface area contributed by atoms with E-state index in [4.69, 9.17) is 5.73 Å². The van der Waals surface area contributed by atoms with Crippen LogP contribution in [-0.2, 0) is 0 Å². The number of halogens is 3. The van der Waals surface area contributed by atoms with E-state index in [2.05, 4.69) is 15.5 Å². The van der Waals surface area contributed by atoms with Gasteiger partial charge >= 0.3 is 6.18 Å². The summed E-state index contributed by atoms with van der Waals surface area (Å²) in [4.78, 5) is 11.4. The highest BCUT2D eigenvalue weighted by Crippen LogP contribution is 2.21. The van der Waals surface area contributed by atoms with Crippen molar-refractivity contribution in [1.82, 2.24) is 15.5 Å². The first-order chi connectivity index (χ1) is 7.29. The Labute approximate surface area is 89.2 Å². The quantitative estimate of drug-likeness (QED) is 0.733. The Morgan fingerprint density at radius 2 is 2.31 bits per heavy atom. The lowest BCUT2D eigenvalue weighted by Crippen LogP contribution is -2.36. The molecule has 0 aliphatic rings. The molecule has 0 saturated heterocycles. The Morgan fingerprint density at radius 3 is 2.75 bits per heavy atom. The Hall–Kier alpha value is -1.73. The number of H-pyrrole nitrogens is 1. The normalized spacial score (nSPS) is 13.5. The van der Waals surface area contributed by atoms with Crippen LogP contribution >= 0.6 is 0 Å². The third-order valence-corrected chi connectivity index (χ3v) is 1.81. The third-order valence-electron chi connectivity index (χ3n) is 1.81. The number of hydrogen-bond acceptors (Lipinski definition) is 3. The van der Waals surface area contributed by atoms with Gasteiger partial charge in [0.1, 0.15) is 5.69 Å². The summed E-state index contributed by atoms with van der Waals surface area (Å²) in [6.45, 7) is 1.26. The second kappa shape index (κ2) is 4.42. The summed E-state index contributed by atoms with van der Waals surface area (Å²) in [5.41, 5.74) is 5.43. The number of nitrogen functional groups attached to an aromatic ring is 1. The van der Waals surface area contributed by atoms with Crippen LogP contribution in [0.4, 0.5) is 18.9 Å². The van der Waals surface area contributed by atoms with Crippen molar-refractivity contribution in [2.75, 3.05) is 5.73 Å². The number of hydrogen-bond donors (Lipinski definition) is 3. The number of nitrogens with one attached hydrogen (secondary N) is 2. The smallest absolute Gasteiger partial charge is 0.391 e. The van der Waals surface area contributed by atoms with Crippen molar-refractivity contribution in [3.8, 4) is 0 Å². The lowest BCUT2D eigenvalue weighted by atomic mass is 10.2. The van der Waals surface area contributed by atoms with Crippen LogP contribution in [0.2, 0.25) is 0 Å². The molecule has 1 amide bonds. The van der Waals surface area contributed by atoms with Gasteiger partial charge in [0.2, 0.25) is 0 Å². The molecule has 0 aliphatic heterocycles. The predicted octanol–water partition coefficient (Wildman–Crippen LogP) is 1.06. The summed E-state index contributed by atoms with van der Waals surface area (Å²) in [5, 5.41) is 7.97. The van der Waals surface area contributed by atoms with E-state index in [-0.39, 0.29) is 11.4 Å². The molecule has 0 radical (unpaired) electrons. The summed E-state index contributed by atoms with van der Waals surface area (Å²) >= 11 is 0. The van der Waals surface area contributed by atoms with Crippen molar-refractivity contribution in [1.29, 1.82) is 0 Å².